The number of amides is 1. The summed E-state index contributed by atoms with van der Waals surface area (Å²) in [7, 11) is 0. The number of hydrogen-bond acceptors (Lipinski definition) is 4. The third-order valence-corrected chi connectivity index (χ3v) is 6.89. The van der Waals surface area contributed by atoms with E-state index in [2.05, 4.69) is 0 Å². The zero-order chi connectivity index (χ0) is 27.2. The summed E-state index contributed by atoms with van der Waals surface area (Å²) < 4.78 is 32.1. The Morgan fingerprint density at radius 3 is 2.53 bits per heavy atom. The molecule has 1 aromatic heterocycles. The topological polar surface area (TPSA) is 95.3 Å². The smallest absolute Gasteiger partial charge is 0.253 e. The van der Waals surface area contributed by atoms with E-state index >= 15 is 4.39 Å². The highest BCUT2D eigenvalue weighted by Crippen LogP contribution is 2.37. The molecule has 5 rings (SSSR count). The maximum Gasteiger partial charge on any atom is 0.253 e. The van der Waals surface area contributed by atoms with Gasteiger partial charge in [-0.1, -0.05) is 12.1 Å². The Labute approximate surface area is 219 Å². The first kappa shape index (κ1) is 25.6. The molecule has 0 radical (unpaired) electrons. The van der Waals surface area contributed by atoms with Crippen molar-refractivity contribution in [3.8, 4) is 28.3 Å². The number of nitrogens with zero attached hydrogens (tertiary/aromatic N) is 3. The van der Waals surface area contributed by atoms with Gasteiger partial charge >= 0.3 is 0 Å². The van der Waals surface area contributed by atoms with Gasteiger partial charge in [-0.3, -0.25) is 4.79 Å². The fraction of sp³-hybridized carbons (Fsp3) is 0.267. The maximum atomic E-state index is 15.7. The molecule has 194 valence electrons. The number of nitrogens with two attached hydrogens (primary N) is 1. The van der Waals surface area contributed by atoms with Gasteiger partial charge in [0.25, 0.3) is 5.91 Å². The monoisotopic (exact) mass is 514 g/mol. The van der Waals surface area contributed by atoms with E-state index < -0.39 is 17.2 Å². The molecule has 0 spiro atoms. The van der Waals surface area contributed by atoms with E-state index in [0.717, 1.165) is 11.8 Å². The van der Waals surface area contributed by atoms with Gasteiger partial charge in [0, 0.05) is 41.8 Å². The molecule has 4 aromatic rings. The average molecular weight is 515 g/mol. The van der Waals surface area contributed by atoms with Crippen LogP contribution in [0.2, 0.25) is 0 Å². The molecule has 2 heterocycles. The number of aliphatic hydroxyl groups is 1. The van der Waals surface area contributed by atoms with E-state index in [0.29, 0.717) is 53.0 Å². The lowest BCUT2D eigenvalue weighted by molar-refractivity contribution is 0.0628. The van der Waals surface area contributed by atoms with Gasteiger partial charge in [-0.25, -0.2) is 8.78 Å². The van der Waals surface area contributed by atoms with E-state index in [1.807, 2.05) is 12.1 Å². The van der Waals surface area contributed by atoms with E-state index in [1.165, 1.54) is 18.2 Å². The number of benzene rings is 3. The van der Waals surface area contributed by atoms with Crippen molar-refractivity contribution in [1.82, 2.24) is 9.47 Å². The van der Waals surface area contributed by atoms with E-state index in [4.69, 9.17) is 11.0 Å². The Bertz CT molecular complexity index is 1600. The molecule has 3 N–H and O–H groups in total. The van der Waals surface area contributed by atoms with Crippen LogP contribution in [0.5, 0.6) is 0 Å². The number of likely N-dealkylation sites (tertiary alicyclic amines) is 1. The van der Waals surface area contributed by atoms with Crippen LogP contribution >= 0.6 is 0 Å². The Morgan fingerprint density at radius 2 is 1.87 bits per heavy atom. The fourth-order valence-corrected chi connectivity index (χ4v) is 5.05. The molecule has 1 aliphatic heterocycles. The van der Waals surface area contributed by atoms with Crippen LogP contribution < -0.4 is 5.73 Å². The summed E-state index contributed by atoms with van der Waals surface area (Å²) in [6.45, 7) is 4.67. The highest BCUT2D eigenvalue weighted by molar-refractivity contribution is 5.99. The highest BCUT2D eigenvalue weighted by atomic mass is 19.1. The van der Waals surface area contributed by atoms with Gasteiger partial charge in [-0.05, 0) is 79.4 Å². The van der Waals surface area contributed by atoms with Crippen LogP contribution in [0.25, 0.3) is 33.2 Å². The standard InChI is InChI=1S/C30H28F2N4O2/c1-30(2,38)17-36-9-7-19-11-25(27(32)14-28(19)36)23-6-5-20(29(37)35-10-8-22(34)16-35)12-24(23)18-3-4-21(15-33)26(31)13-18/h3-7,9,11-14,22,38H,8,10,16-17,34H2,1-2H3/t22-/m0/s1. The summed E-state index contributed by atoms with van der Waals surface area (Å²) in [5, 5.41) is 20.2. The molecule has 0 aliphatic carbocycles. The number of fused-ring (bicyclic) bond motifs is 1. The zero-order valence-electron chi connectivity index (χ0n) is 21.2. The molecule has 6 nitrogen and oxygen atoms in total. The molecule has 0 saturated carbocycles. The van der Waals surface area contributed by atoms with Crippen LogP contribution in [0.1, 0.15) is 36.2 Å². The van der Waals surface area contributed by atoms with Gasteiger partial charge in [0.1, 0.15) is 17.7 Å². The first-order valence-corrected chi connectivity index (χ1v) is 12.4. The third-order valence-electron chi connectivity index (χ3n) is 6.89. The van der Waals surface area contributed by atoms with Crippen LogP contribution in [0.4, 0.5) is 8.78 Å². The zero-order valence-corrected chi connectivity index (χ0v) is 21.2. The first-order valence-electron chi connectivity index (χ1n) is 12.4. The summed E-state index contributed by atoms with van der Waals surface area (Å²) >= 11 is 0. The SMILES string of the molecule is CC(C)(O)Cn1ccc2cc(-c3ccc(C(=O)N4CC[C@H](N)C4)cc3-c3ccc(C#N)c(F)c3)c(F)cc21. The van der Waals surface area contributed by atoms with Gasteiger partial charge in [0.05, 0.1) is 23.2 Å². The first-order chi connectivity index (χ1) is 18.0. The summed E-state index contributed by atoms with van der Waals surface area (Å²) in [5.74, 6) is -1.38. The number of aromatic nitrogens is 1. The highest BCUT2D eigenvalue weighted by Gasteiger charge is 2.26. The maximum absolute atomic E-state index is 15.7. The van der Waals surface area contributed by atoms with Gasteiger partial charge in [-0.15, -0.1) is 0 Å². The van der Waals surface area contributed by atoms with Crippen LogP contribution in [0, 0.1) is 23.0 Å². The van der Waals surface area contributed by atoms with Crippen molar-refractivity contribution in [3.63, 3.8) is 0 Å². The molecule has 1 fully saturated rings. The molecule has 8 heteroatoms. The van der Waals surface area contributed by atoms with Crippen molar-refractivity contribution in [2.24, 2.45) is 5.73 Å². The molecule has 1 saturated heterocycles. The Hall–Kier alpha value is -4.06. The largest absolute Gasteiger partial charge is 0.389 e. The fourth-order valence-electron chi connectivity index (χ4n) is 5.05. The molecule has 1 atom stereocenters. The van der Waals surface area contributed by atoms with Gasteiger partial charge in [0.15, 0.2) is 0 Å². The lowest BCUT2D eigenvalue weighted by atomic mass is 9.91. The summed E-state index contributed by atoms with van der Waals surface area (Å²) in [6, 6.07) is 15.9. The second-order valence-corrected chi connectivity index (χ2v) is 10.5. The van der Waals surface area contributed by atoms with E-state index in [1.54, 1.807) is 59.8 Å². The minimum absolute atomic E-state index is 0.0742. The summed E-state index contributed by atoms with van der Waals surface area (Å²) in [5.41, 5.74) is 7.60. The minimum atomic E-state index is -0.977. The molecule has 0 unspecified atom stereocenters. The molecule has 3 aromatic carbocycles. The van der Waals surface area contributed by atoms with Gasteiger partial charge in [-0.2, -0.15) is 5.26 Å². The van der Waals surface area contributed by atoms with Crippen molar-refractivity contribution in [2.45, 2.75) is 38.5 Å². The van der Waals surface area contributed by atoms with Crippen molar-refractivity contribution >= 4 is 16.8 Å². The Kier molecular flexibility index (Phi) is 6.51. The van der Waals surface area contributed by atoms with Gasteiger partial charge < -0.3 is 20.3 Å². The molecule has 1 aliphatic rings. The molecule has 1 amide bonds. The van der Waals surface area contributed by atoms with E-state index in [9.17, 15) is 14.3 Å². The molecular weight excluding hydrogens is 486 g/mol. The van der Waals surface area contributed by atoms with Crippen LogP contribution in [0.15, 0.2) is 60.8 Å². The second-order valence-electron chi connectivity index (χ2n) is 10.5. The minimum Gasteiger partial charge on any atom is -0.389 e. The predicted octanol–water partition coefficient (Wildman–Crippen LogP) is 5.07. The Balaban J connectivity index is 1.65. The number of carbonyl (C=O) groups excluding carboxylic acids is 1. The average Bonchev–Trinajstić information content (AvgIpc) is 3.47. The predicted molar refractivity (Wildman–Crippen MR) is 142 cm³/mol. The third kappa shape index (κ3) is 4.91. The quantitative estimate of drug-likeness (QED) is 0.389. The lowest BCUT2D eigenvalue weighted by Gasteiger charge is -2.19. The number of carbonyl (C=O) groups is 1. The van der Waals surface area contributed by atoms with Crippen LogP contribution in [-0.2, 0) is 6.54 Å². The number of nitriles is 1. The number of hydrogen-bond donors (Lipinski definition) is 2. The molecule has 0 bridgehead atoms. The van der Waals surface area contributed by atoms with E-state index in [-0.39, 0.29) is 17.5 Å². The molecular formula is C30H28F2N4O2. The summed E-state index contributed by atoms with van der Waals surface area (Å²) in [6.07, 6.45) is 2.52. The van der Waals surface area contributed by atoms with Gasteiger partial charge in [0.2, 0.25) is 0 Å². The number of halogens is 2. The summed E-state index contributed by atoms with van der Waals surface area (Å²) in [4.78, 5) is 14.9. The second kappa shape index (κ2) is 9.67. The van der Waals surface area contributed by atoms with Crippen molar-refractivity contribution in [1.29, 1.82) is 5.26 Å². The Morgan fingerprint density at radius 1 is 1.08 bits per heavy atom. The van der Waals surface area contributed by atoms with Crippen molar-refractivity contribution in [2.75, 3.05) is 13.1 Å². The number of rotatable bonds is 5. The normalized spacial score (nSPS) is 15.7. The van der Waals surface area contributed by atoms with Crippen LogP contribution in [0.3, 0.4) is 0 Å². The van der Waals surface area contributed by atoms with Crippen LogP contribution in [-0.4, -0.2) is 45.2 Å². The van der Waals surface area contributed by atoms with Crippen molar-refractivity contribution in [3.05, 3.63) is 83.6 Å². The molecule has 38 heavy (non-hydrogen) atoms. The lowest BCUT2D eigenvalue weighted by Crippen LogP contribution is -2.31. The van der Waals surface area contributed by atoms with Crippen molar-refractivity contribution < 1.29 is 18.7 Å².